The molecule has 2 amide bonds. The number of methoxy groups -OCH3 is 1. The van der Waals surface area contributed by atoms with Crippen molar-refractivity contribution in [2.75, 3.05) is 20.3 Å². The number of nitrogens with one attached hydrogen (secondary N) is 1. The fourth-order valence-corrected chi connectivity index (χ4v) is 4.48. The van der Waals surface area contributed by atoms with Crippen molar-refractivity contribution in [2.24, 2.45) is 5.73 Å². The maximum Gasteiger partial charge on any atom is 0.257 e. The van der Waals surface area contributed by atoms with Gasteiger partial charge in [-0.3, -0.25) is 14.9 Å². The zero-order chi connectivity index (χ0) is 25.2. The highest BCUT2D eigenvalue weighted by atomic mass is 32.1. The second-order valence-electron chi connectivity index (χ2n) is 8.38. The Bertz CT molecular complexity index is 1040. The lowest BCUT2D eigenvalue weighted by Gasteiger charge is -2.36. The van der Waals surface area contributed by atoms with Gasteiger partial charge in [0.15, 0.2) is 23.2 Å². The fourth-order valence-electron chi connectivity index (χ4n) is 4.17. The molecule has 8 nitrogen and oxygen atoms in total. The van der Waals surface area contributed by atoms with E-state index in [9.17, 15) is 9.59 Å². The van der Waals surface area contributed by atoms with Crippen LogP contribution >= 0.6 is 12.2 Å². The Morgan fingerprint density at radius 1 is 1.09 bits per heavy atom. The summed E-state index contributed by atoms with van der Waals surface area (Å²) < 4.78 is 16.4. The Morgan fingerprint density at radius 2 is 1.86 bits per heavy atom. The van der Waals surface area contributed by atoms with Crippen LogP contribution in [0.25, 0.3) is 0 Å². The van der Waals surface area contributed by atoms with Gasteiger partial charge in [0.05, 0.1) is 13.7 Å². The largest absolute Gasteiger partial charge is 0.494 e. The number of primary amides is 1. The highest BCUT2D eigenvalue weighted by molar-refractivity contribution is 7.80. The molecule has 2 aromatic carbocycles. The zero-order valence-corrected chi connectivity index (χ0v) is 21.1. The van der Waals surface area contributed by atoms with E-state index in [0.29, 0.717) is 41.1 Å². The molecule has 0 aromatic heterocycles. The fraction of sp³-hybridized carbons (Fsp3) is 0.423. The van der Waals surface area contributed by atoms with Crippen molar-refractivity contribution >= 4 is 29.1 Å². The molecule has 0 radical (unpaired) electrons. The van der Waals surface area contributed by atoms with Gasteiger partial charge in [-0.05, 0) is 67.9 Å². The van der Waals surface area contributed by atoms with E-state index < -0.39 is 5.91 Å². The lowest BCUT2D eigenvalue weighted by Crippen LogP contribution is -2.48. The molecule has 1 aliphatic carbocycles. The first kappa shape index (κ1) is 26.3. The molecule has 0 spiro atoms. The van der Waals surface area contributed by atoms with E-state index in [1.807, 2.05) is 25.1 Å². The molecule has 1 fully saturated rings. The number of nitrogens with two attached hydrogens (primary N) is 1. The number of carbonyl (C=O) groups is 2. The van der Waals surface area contributed by atoms with E-state index in [4.69, 9.17) is 32.2 Å². The van der Waals surface area contributed by atoms with Gasteiger partial charge in [-0.2, -0.15) is 0 Å². The highest BCUT2D eigenvalue weighted by Crippen LogP contribution is 2.30. The molecule has 35 heavy (non-hydrogen) atoms. The van der Waals surface area contributed by atoms with Crippen molar-refractivity contribution in [3.8, 4) is 17.2 Å². The minimum absolute atomic E-state index is 0.225. The molecule has 188 valence electrons. The van der Waals surface area contributed by atoms with E-state index in [-0.39, 0.29) is 18.6 Å². The number of ether oxygens (including phenoxy) is 3. The van der Waals surface area contributed by atoms with E-state index in [1.165, 1.54) is 13.5 Å². The van der Waals surface area contributed by atoms with Gasteiger partial charge in [0.2, 0.25) is 0 Å². The maximum absolute atomic E-state index is 13.0. The Hall–Kier alpha value is -3.33. The monoisotopic (exact) mass is 499 g/mol. The number of benzene rings is 2. The maximum atomic E-state index is 13.0. The number of amides is 2. The van der Waals surface area contributed by atoms with E-state index in [2.05, 4.69) is 10.2 Å². The predicted octanol–water partition coefficient (Wildman–Crippen LogP) is 3.81. The summed E-state index contributed by atoms with van der Waals surface area (Å²) in [5, 5.41) is 3.30. The lowest BCUT2D eigenvalue weighted by atomic mass is 9.94. The van der Waals surface area contributed by atoms with E-state index in [0.717, 1.165) is 31.2 Å². The van der Waals surface area contributed by atoms with Crippen LogP contribution in [0.5, 0.6) is 17.2 Å². The third-order valence-corrected chi connectivity index (χ3v) is 6.19. The molecule has 0 atom stereocenters. The Balaban J connectivity index is 1.77. The van der Waals surface area contributed by atoms with Gasteiger partial charge in [-0.25, -0.2) is 0 Å². The second-order valence-corrected chi connectivity index (χ2v) is 8.77. The molecule has 2 aromatic rings. The Labute approximate surface area is 211 Å². The summed E-state index contributed by atoms with van der Waals surface area (Å²) in [6.45, 7) is 2.68. The summed E-state index contributed by atoms with van der Waals surface area (Å²) in [5.41, 5.74) is 6.61. The predicted molar refractivity (Wildman–Crippen MR) is 138 cm³/mol. The summed E-state index contributed by atoms with van der Waals surface area (Å²) in [5.74, 6) is 0.734. The average Bonchev–Trinajstić information content (AvgIpc) is 2.87. The van der Waals surface area contributed by atoms with Gasteiger partial charge >= 0.3 is 0 Å². The molecule has 0 bridgehead atoms. The summed E-state index contributed by atoms with van der Waals surface area (Å²) >= 11 is 5.73. The molecule has 1 saturated carbocycles. The van der Waals surface area contributed by atoms with Crippen LogP contribution in [0.3, 0.4) is 0 Å². The second kappa shape index (κ2) is 12.9. The smallest absolute Gasteiger partial charge is 0.257 e. The topological polar surface area (TPSA) is 103 Å². The Kier molecular flexibility index (Phi) is 9.72. The first-order valence-corrected chi connectivity index (χ1v) is 12.2. The number of hydrogen-bond acceptors (Lipinski definition) is 6. The van der Waals surface area contributed by atoms with Crippen molar-refractivity contribution in [2.45, 2.75) is 51.6 Å². The van der Waals surface area contributed by atoms with Crippen LogP contribution in [-0.2, 0) is 11.3 Å². The zero-order valence-electron chi connectivity index (χ0n) is 20.2. The molecule has 3 N–H and O–H groups in total. The van der Waals surface area contributed by atoms with Crippen molar-refractivity contribution in [1.29, 1.82) is 0 Å². The van der Waals surface area contributed by atoms with Crippen LogP contribution in [0, 0.1) is 0 Å². The molecule has 1 aliphatic rings. The molecule has 0 unspecified atom stereocenters. The van der Waals surface area contributed by atoms with Crippen molar-refractivity contribution < 1.29 is 23.8 Å². The van der Waals surface area contributed by atoms with Crippen molar-refractivity contribution in [3.05, 3.63) is 53.6 Å². The third-order valence-electron chi connectivity index (χ3n) is 5.85. The van der Waals surface area contributed by atoms with Gasteiger partial charge < -0.3 is 24.8 Å². The first-order chi connectivity index (χ1) is 16.9. The number of thiocarbonyl (C=S) groups is 1. The molecular weight excluding hydrogens is 466 g/mol. The molecule has 0 aliphatic heterocycles. The van der Waals surface area contributed by atoms with Gasteiger partial charge in [-0.1, -0.05) is 31.4 Å². The third kappa shape index (κ3) is 7.58. The number of rotatable bonds is 10. The van der Waals surface area contributed by atoms with Crippen molar-refractivity contribution in [3.63, 3.8) is 0 Å². The standard InChI is InChI=1S/C26H33N3O5S/c1-3-33-21-11-7-8-19(15-21)25(31)28-26(35)29(20-9-5-4-6-10-20)16-18-12-13-22(23(14-18)32-2)34-17-24(27)30/h7-8,11-15,20H,3-6,9-10,16-17H2,1-2H3,(H2,27,30)(H,28,31,35). The first-order valence-electron chi connectivity index (χ1n) is 11.8. The minimum Gasteiger partial charge on any atom is -0.494 e. The van der Waals surface area contributed by atoms with E-state index in [1.54, 1.807) is 24.3 Å². The summed E-state index contributed by atoms with van der Waals surface area (Å²) in [6.07, 6.45) is 5.46. The van der Waals surface area contributed by atoms with Crippen LogP contribution in [-0.4, -0.2) is 48.2 Å². The molecule has 3 rings (SSSR count). The van der Waals surface area contributed by atoms with Crippen LogP contribution in [0.4, 0.5) is 0 Å². The van der Waals surface area contributed by atoms with Crippen molar-refractivity contribution in [1.82, 2.24) is 10.2 Å². The molecular formula is C26H33N3O5S. The number of nitrogens with zero attached hydrogens (tertiary/aromatic N) is 1. The van der Waals surface area contributed by atoms with Crippen LogP contribution in [0.1, 0.15) is 54.9 Å². The Morgan fingerprint density at radius 3 is 2.54 bits per heavy atom. The molecule has 0 heterocycles. The minimum atomic E-state index is -0.563. The average molecular weight is 500 g/mol. The highest BCUT2D eigenvalue weighted by Gasteiger charge is 2.25. The van der Waals surface area contributed by atoms with Crippen LogP contribution in [0.15, 0.2) is 42.5 Å². The number of hydrogen-bond donors (Lipinski definition) is 2. The SMILES string of the molecule is CCOc1cccc(C(=O)NC(=S)N(Cc2ccc(OCC(N)=O)c(OC)c2)C2CCCCC2)c1. The summed E-state index contributed by atoms with van der Waals surface area (Å²) in [4.78, 5) is 26.1. The number of carbonyl (C=O) groups excluding carboxylic acids is 2. The van der Waals surface area contributed by atoms with Crippen LogP contribution in [0.2, 0.25) is 0 Å². The molecule has 9 heteroatoms. The normalized spacial score (nSPS) is 13.5. The molecule has 0 saturated heterocycles. The van der Waals surface area contributed by atoms with Gasteiger partial charge in [-0.15, -0.1) is 0 Å². The van der Waals surface area contributed by atoms with Gasteiger partial charge in [0.25, 0.3) is 11.8 Å². The van der Waals surface area contributed by atoms with E-state index >= 15 is 0 Å². The van der Waals surface area contributed by atoms with Gasteiger partial charge in [0.1, 0.15) is 5.75 Å². The summed E-state index contributed by atoms with van der Waals surface area (Å²) in [6, 6.07) is 12.8. The van der Waals surface area contributed by atoms with Crippen LogP contribution < -0.4 is 25.3 Å². The van der Waals surface area contributed by atoms with Gasteiger partial charge in [0, 0.05) is 18.2 Å². The quantitative estimate of drug-likeness (QED) is 0.479. The lowest BCUT2D eigenvalue weighted by molar-refractivity contribution is -0.119. The summed E-state index contributed by atoms with van der Waals surface area (Å²) in [7, 11) is 1.54.